The highest BCUT2D eigenvalue weighted by Gasteiger charge is 2.54. The predicted molar refractivity (Wildman–Crippen MR) is 117 cm³/mol. The zero-order valence-corrected chi connectivity index (χ0v) is 18.3. The Kier molecular flexibility index (Phi) is 5.23. The van der Waals surface area contributed by atoms with Crippen molar-refractivity contribution in [2.45, 2.75) is 56.8 Å². The Bertz CT molecular complexity index is 752. The van der Waals surface area contributed by atoms with Crippen LogP contribution in [0, 0.1) is 0 Å². The normalized spacial score (nSPS) is 25.8. The number of hydrogen-bond acceptors (Lipinski definition) is 2. The van der Waals surface area contributed by atoms with E-state index in [1.54, 1.807) is 0 Å². The second-order valence-corrected chi connectivity index (χ2v) is 13.8. The third kappa shape index (κ3) is 3.25. The Morgan fingerprint density at radius 1 is 1.04 bits per heavy atom. The van der Waals surface area contributed by atoms with Crippen molar-refractivity contribution in [3.05, 3.63) is 60.7 Å². The average Bonchev–Trinajstić information content (AvgIpc) is 3.18. The van der Waals surface area contributed by atoms with Crippen LogP contribution in [0.1, 0.15) is 40.0 Å². The lowest BCUT2D eigenvalue weighted by Crippen LogP contribution is -2.68. The molecule has 2 aliphatic heterocycles. The van der Waals surface area contributed by atoms with Gasteiger partial charge in [0, 0.05) is 18.5 Å². The molecule has 150 valence electrons. The Morgan fingerprint density at radius 2 is 1.61 bits per heavy atom. The van der Waals surface area contributed by atoms with Crippen LogP contribution >= 0.6 is 0 Å². The molecule has 0 bridgehead atoms. The van der Waals surface area contributed by atoms with Crippen LogP contribution in [0.5, 0.6) is 0 Å². The van der Waals surface area contributed by atoms with Gasteiger partial charge in [0.05, 0.1) is 6.61 Å². The monoisotopic (exact) mass is 397 g/mol. The summed E-state index contributed by atoms with van der Waals surface area (Å²) in [6, 6.07) is 21.5. The third-order valence-electron chi connectivity index (χ3n) is 6.74. The molecule has 0 amide bonds. The molecule has 2 aromatic rings. The van der Waals surface area contributed by atoms with Crippen molar-refractivity contribution in [1.29, 1.82) is 0 Å². The second kappa shape index (κ2) is 7.40. The van der Waals surface area contributed by atoms with Crippen LogP contribution in [0.15, 0.2) is 60.7 Å². The van der Waals surface area contributed by atoms with Crippen LogP contribution in [0.25, 0.3) is 0 Å². The van der Waals surface area contributed by atoms with Crippen molar-refractivity contribution < 1.29 is 8.82 Å². The molecule has 0 radical (unpaired) electrons. The molecule has 2 aromatic carbocycles. The number of halogens is 1. The van der Waals surface area contributed by atoms with Crippen LogP contribution < -0.4 is 10.4 Å². The quantitative estimate of drug-likeness (QED) is 0.703. The summed E-state index contributed by atoms with van der Waals surface area (Å²) in [4.78, 5) is 2.36. The molecule has 0 aromatic heterocycles. The number of hydrogen-bond donors (Lipinski definition) is 0. The van der Waals surface area contributed by atoms with Gasteiger partial charge in [0.1, 0.15) is 6.17 Å². The molecule has 28 heavy (non-hydrogen) atoms. The summed E-state index contributed by atoms with van der Waals surface area (Å²) >= 11 is 0. The molecule has 2 saturated heterocycles. The molecule has 1 unspecified atom stereocenters. The van der Waals surface area contributed by atoms with E-state index in [1.807, 2.05) is 0 Å². The van der Waals surface area contributed by atoms with E-state index in [0.717, 1.165) is 19.4 Å². The molecule has 2 heterocycles. The molecule has 4 rings (SSSR count). The van der Waals surface area contributed by atoms with E-state index in [4.69, 9.17) is 4.43 Å². The molecule has 2 fully saturated rings. The first-order valence-electron chi connectivity index (χ1n) is 10.5. The minimum Gasteiger partial charge on any atom is -0.406 e. The van der Waals surface area contributed by atoms with Gasteiger partial charge in [0.15, 0.2) is 0 Å². The van der Waals surface area contributed by atoms with E-state index < -0.39 is 14.5 Å². The summed E-state index contributed by atoms with van der Waals surface area (Å²) in [6.45, 7) is 9.11. The topological polar surface area (TPSA) is 12.5 Å². The van der Waals surface area contributed by atoms with Gasteiger partial charge >= 0.3 is 0 Å². The maximum Gasteiger partial charge on any atom is 0.261 e. The smallest absolute Gasteiger partial charge is 0.261 e. The molecule has 0 N–H and O–H groups in total. The lowest BCUT2D eigenvalue weighted by atomic mass is 9.95. The first kappa shape index (κ1) is 19.8. The van der Waals surface area contributed by atoms with Crippen LogP contribution in [-0.4, -0.2) is 44.6 Å². The highest BCUT2D eigenvalue weighted by Crippen LogP contribution is 2.43. The Balaban J connectivity index is 1.77. The van der Waals surface area contributed by atoms with Gasteiger partial charge in [-0.25, -0.2) is 4.39 Å². The molecule has 0 saturated carbocycles. The molecule has 0 spiro atoms. The van der Waals surface area contributed by atoms with Crippen molar-refractivity contribution in [3.8, 4) is 0 Å². The fourth-order valence-electron chi connectivity index (χ4n) is 5.45. The highest BCUT2D eigenvalue weighted by atomic mass is 28.4. The molecule has 2 aliphatic rings. The number of alkyl halides is 1. The van der Waals surface area contributed by atoms with Crippen LogP contribution in [0.3, 0.4) is 0 Å². The number of fused-ring (bicyclic) bond motifs is 1. The summed E-state index contributed by atoms with van der Waals surface area (Å²) in [7, 11) is -2.55. The third-order valence-corrected chi connectivity index (χ3v) is 11.7. The van der Waals surface area contributed by atoms with Gasteiger partial charge in [0.25, 0.3) is 8.32 Å². The fourth-order valence-corrected chi connectivity index (χ4v) is 10.1. The van der Waals surface area contributed by atoms with Crippen LogP contribution in [-0.2, 0) is 4.43 Å². The van der Waals surface area contributed by atoms with E-state index in [1.165, 1.54) is 10.4 Å². The van der Waals surface area contributed by atoms with Crippen molar-refractivity contribution in [2.75, 3.05) is 19.7 Å². The van der Waals surface area contributed by atoms with Crippen molar-refractivity contribution >= 4 is 18.7 Å². The number of rotatable bonds is 5. The van der Waals surface area contributed by atoms with Gasteiger partial charge in [-0.15, -0.1) is 0 Å². The Labute approximate surface area is 169 Å². The van der Waals surface area contributed by atoms with Gasteiger partial charge in [-0.2, -0.15) is 0 Å². The summed E-state index contributed by atoms with van der Waals surface area (Å²) in [5, 5.41) is 2.55. The van der Waals surface area contributed by atoms with E-state index in [2.05, 4.69) is 86.3 Å². The maximum atomic E-state index is 14.3. The van der Waals surface area contributed by atoms with E-state index in [9.17, 15) is 4.39 Å². The van der Waals surface area contributed by atoms with Gasteiger partial charge < -0.3 is 4.43 Å². The highest BCUT2D eigenvalue weighted by molar-refractivity contribution is 6.99. The molecule has 2 nitrogen and oxygen atoms in total. The summed E-state index contributed by atoms with van der Waals surface area (Å²) in [5.74, 6) is 0. The summed E-state index contributed by atoms with van der Waals surface area (Å²) < 4.78 is 21.4. The zero-order chi connectivity index (χ0) is 19.8. The second-order valence-electron chi connectivity index (χ2n) is 9.53. The van der Waals surface area contributed by atoms with Gasteiger partial charge in [-0.3, -0.25) is 4.90 Å². The Morgan fingerprint density at radius 3 is 2.14 bits per heavy atom. The van der Waals surface area contributed by atoms with Crippen molar-refractivity contribution in [3.63, 3.8) is 0 Å². The zero-order valence-electron chi connectivity index (χ0n) is 17.3. The number of nitrogens with zero attached hydrogens (tertiary/aromatic N) is 1. The molecular weight excluding hydrogens is 365 g/mol. The number of benzene rings is 2. The molecule has 4 heteroatoms. The fraction of sp³-hybridized carbons (Fsp3) is 0.500. The predicted octanol–water partition coefficient (Wildman–Crippen LogP) is 4.14. The lowest BCUT2D eigenvalue weighted by Gasteiger charge is -2.45. The maximum absolute atomic E-state index is 14.3. The average molecular weight is 398 g/mol. The Hall–Kier alpha value is -1.49. The molecular formula is C24H32FNOSi. The van der Waals surface area contributed by atoms with Crippen molar-refractivity contribution in [1.82, 2.24) is 4.90 Å². The van der Waals surface area contributed by atoms with Crippen LogP contribution in [0.4, 0.5) is 4.39 Å². The largest absolute Gasteiger partial charge is 0.406 e. The van der Waals surface area contributed by atoms with Gasteiger partial charge in [0.2, 0.25) is 0 Å². The van der Waals surface area contributed by atoms with Crippen molar-refractivity contribution in [2.24, 2.45) is 0 Å². The van der Waals surface area contributed by atoms with Gasteiger partial charge in [-0.05, 0) is 34.8 Å². The minimum absolute atomic E-state index is 0.0382. The first-order chi connectivity index (χ1) is 13.4. The van der Waals surface area contributed by atoms with Gasteiger partial charge in [-0.1, -0.05) is 81.4 Å². The van der Waals surface area contributed by atoms with E-state index in [0.29, 0.717) is 19.6 Å². The molecule has 2 atom stereocenters. The summed E-state index contributed by atoms with van der Waals surface area (Å²) in [6.07, 6.45) is 2.09. The van der Waals surface area contributed by atoms with Crippen LogP contribution in [0.2, 0.25) is 5.04 Å². The van der Waals surface area contributed by atoms with E-state index >= 15 is 0 Å². The first-order valence-corrected chi connectivity index (χ1v) is 12.4. The SMILES string of the molecule is CC(C)(C)[Si](OCC12CCCN1C[C@H](F)C2)(c1ccccc1)c1ccccc1. The van der Waals surface area contributed by atoms with E-state index in [-0.39, 0.29) is 10.6 Å². The minimum atomic E-state index is -2.55. The standard InChI is InChI=1S/C24H32FNOSi/c1-23(2,3)28(21-11-6-4-7-12-21,22-13-8-5-9-14-22)27-19-24-15-10-16-26(24)18-20(25)17-24/h4-9,11-14,20H,10,15-19H2,1-3H3/t20-,24?/m1/s1. The molecule has 0 aliphatic carbocycles. The lowest BCUT2D eigenvalue weighted by molar-refractivity contribution is 0.107. The summed E-state index contributed by atoms with van der Waals surface area (Å²) in [5.41, 5.74) is -0.119.